The van der Waals surface area contributed by atoms with Gasteiger partial charge in [-0.15, -0.1) is 0 Å². The smallest absolute Gasteiger partial charge is 0.172 e. The summed E-state index contributed by atoms with van der Waals surface area (Å²) in [5, 5.41) is 20.1. The molecule has 1 aliphatic carbocycles. The van der Waals surface area contributed by atoms with Gasteiger partial charge in [0.25, 0.3) is 0 Å². The monoisotopic (exact) mass is 444 g/mol. The molecule has 0 aromatic heterocycles. The van der Waals surface area contributed by atoms with Crippen molar-refractivity contribution in [3.8, 4) is 17.6 Å². The molecule has 1 aliphatic heterocycles. The van der Waals surface area contributed by atoms with Gasteiger partial charge in [0.2, 0.25) is 0 Å². The standard InChI is InChI=1S/C22H25BrN2O3/c1-4-6-13-7-17-21(18(26)8-13)20(15(11-24)12(3)25-17)14-9-16(23)22(27)19(10-14)28-5-2/h9-10,13,15,20,27H,4-8H2,1-3H3. The molecule has 0 spiro atoms. The Balaban J connectivity index is 2.14. The quantitative estimate of drug-likeness (QED) is 0.668. The summed E-state index contributed by atoms with van der Waals surface area (Å²) in [5.41, 5.74) is 3.00. The molecule has 0 fully saturated rings. The lowest BCUT2D eigenvalue weighted by Gasteiger charge is -2.35. The van der Waals surface area contributed by atoms with Crippen LogP contribution in [0, 0.1) is 23.2 Å². The highest BCUT2D eigenvalue weighted by Crippen LogP contribution is 2.47. The number of allylic oxidation sites excluding steroid dienone is 2. The van der Waals surface area contributed by atoms with E-state index in [1.165, 1.54) is 0 Å². The fraction of sp³-hybridized carbons (Fsp3) is 0.500. The summed E-state index contributed by atoms with van der Waals surface area (Å²) in [6.07, 6.45) is 3.32. The minimum absolute atomic E-state index is 0.0208. The number of hydrogen-bond donors (Lipinski definition) is 1. The van der Waals surface area contributed by atoms with E-state index in [0.717, 1.165) is 36.2 Å². The third-order valence-corrected chi connectivity index (χ3v) is 6.12. The lowest BCUT2D eigenvalue weighted by molar-refractivity contribution is -0.117. The zero-order valence-electron chi connectivity index (χ0n) is 16.5. The van der Waals surface area contributed by atoms with Crippen LogP contribution >= 0.6 is 15.9 Å². The van der Waals surface area contributed by atoms with Gasteiger partial charge in [0.15, 0.2) is 17.3 Å². The van der Waals surface area contributed by atoms with Gasteiger partial charge in [0, 0.05) is 29.3 Å². The lowest BCUT2D eigenvalue weighted by Crippen LogP contribution is -2.32. The van der Waals surface area contributed by atoms with Gasteiger partial charge >= 0.3 is 0 Å². The number of phenols is 1. The van der Waals surface area contributed by atoms with Crippen LogP contribution in [0.4, 0.5) is 0 Å². The molecule has 1 aromatic carbocycles. The largest absolute Gasteiger partial charge is 0.503 e. The first kappa shape index (κ1) is 20.6. The van der Waals surface area contributed by atoms with E-state index in [9.17, 15) is 15.2 Å². The van der Waals surface area contributed by atoms with E-state index in [2.05, 4.69) is 33.9 Å². The summed E-state index contributed by atoms with van der Waals surface area (Å²) >= 11 is 3.38. The molecule has 0 saturated carbocycles. The Morgan fingerprint density at radius 3 is 2.75 bits per heavy atom. The molecule has 5 nitrogen and oxygen atoms in total. The number of phenolic OH excluding ortho intramolecular Hbond substituents is 1. The van der Waals surface area contributed by atoms with Crippen molar-refractivity contribution in [2.75, 3.05) is 6.61 Å². The van der Waals surface area contributed by atoms with E-state index >= 15 is 0 Å². The molecule has 3 unspecified atom stereocenters. The third kappa shape index (κ3) is 3.73. The van der Waals surface area contributed by atoms with Crippen LogP contribution in [0.25, 0.3) is 0 Å². The normalized spacial score (nSPS) is 24.5. The van der Waals surface area contributed by atoms with E-state index in [1.54, 1.807) is 12.1 Å². The Morgan fingerprint density at radius 2 is 2.11 bits per heavy atom. The molecule has 28 heavy (non-hydrogen) atoms. The van der Waals surface area contributed by atoms with Crippen molar-refractivity contribution in [1.29, 1.82) is 5.26 Å². The summed E-state index contributed by atoms with van der Waals surface area (Å²) in [7, 11) is 0. The van der Waals surface area contributed by atoms with Gasteiger partial charge in [0.1, 0.15) is 0 Å². The highest BCUT2D eigenvalue weighted by Gasteiger charge is 2.41. The van der Waals surface area contributed by atoms with Crippen molar-refractivity contribution in [1.82, 2.24) is 0 Å². The van der Waals surface area contributed by atoms with Gasteiger partial charge < -0.3 is 9.84 Å². The molecular formula is C22H25BrN2O3. The number of ketones is 1. The molecule has 0 radical (unpaired) electrons. The lowest BCUT2D eigenvalue weighted by atomic mass is 9.70. The number of Topliss-reactive ketones (excluding diaryl/α,β-unsaturated/α-hetero) is 1. The van der Waals surface area contributed by atoms with E-state index in [0.29, 0.717) is 34.7 Å². The van der Waals surface area contributed by atoms with E-state index in [-0.39, 0.29) is 11.5 Å². The van der Waals surface area contributed by atoms with Crippen LogP contribution in [-0.2, 0) is 4.79 Å². The average molecular weight is 445 g/mol. The number of benzene rings is 1. The molecule has 3 rings (SSSR count). The Kier molecular flexibility index (Phi) is 6.24. The maximum Gasteiger partial charge on any atom is 0.172 e. The number of nitriles is 1. The van der Waals surface area contributed by atoms with Crippen LogP contribution in [0.5, 0.6) is 11.5 Å². The van der Waals surface area contributed by atoms with Crippen LogP contribution in [0.2, 0.25) is 0 Å². The van der Waals surface area contributed by atoms with Crippen molar-refractivity contribution < 1.29 is 14.6 Å². The summed E-state index contributed by atoms with van der Waals surface area (Å²) in [4.78, 5) is 17.8. The number of carbonyl (C=O) groups is 1. The fourth-order valence-electron chi connectivity index (χ4n) is 4.32. The average Bonchev–Trinajstić information content (AvgIpc) is 2.64. The van der Waals surface area contributed by atoms with Crippen LogP contribution in [-0.4, -0.2) is 23.2 Å². The van der Waals surface area contributed by atoms with Crippen LogP contribution in [0.3, 0.4) is 0 Å². The number of ether oxygens (including phenoxy) is 1. The summed E-state index contributed by atoms with van der Waals surface area (Å²) in [6, 6.07) is 5.86. The molecule has 1 N–H and O–H groups in total. The minimum atomic E-state index is -0.517. The van der Waals surface area contributed by atoms with Crippen molar-refractivity contribution in [3.05, 3.63) is 33.4 Å². The second-order valence-corrected chi connectivity index (χ2v) is 8.32. The molecule has 6 heteroatoms. The second kappa shape index (κ2) is 8.48. The molecular weight excluding hydrogens is 420 g/mol. The number of carbonyl (C=O) groups excluding carboxylic acids is 1. The maximum absolute atomic E-state index is 13.1. The van der Waals surface area contributed by atoms with Crippen molar-refractivity contribution >= 4 is 27.4 Å². The highest BCUT2D eigenvalue weighted by atomic mass is 79.9. The van der Waals surface area contributed by atoms with E-state index in [1.807, 2.05) is 13.8 Å². The topological polar surface area (TPSA) is 82.7 Å². The van der Waals surface area contributed by atoms with Crippen LogP contribution < -0.4 is 4.74 Å². The summed E-state index contributed by atoms with van der Waals surface area (Å²) in [5.74, 6) is -0.147. The maximum atomic E-state index is 13.1. The first-order valence-electron chi connectivity index (χ1n) is 9.77. The zero-order valence-corrected chi connectivity index (χ0v) is 18.0. The van der Waals surface area contributed by atoms with Crippen molar-refractivity contribution in [3.63, 3.8) is 0 Å². The molecule has 2 aliphatic rings. The molecule has 148 valence electrons. The van der Waals surface area contributed by atoms with E-state index in [4.69, 9.17) is 4.74 Å². The Morgan fingerprint density at radius 1 is 1.36 bits per heavy atom. The van der Waals surface area contributed by atoms with Gasteiger partial charge in [-0.05, 0) is 66.2 Å². The first-order valence-corrected chi connectivity index (χ1v) is 10.6. The van der Waals surface area contributed by atoms with Crippen LogP contribution in [0.1, 0.15) is 57.9 Å². The molecule has 1 heterocycles. The minimum Gasteiger partial charge on any atom is -0.503 e. The van der Waals surface area contributed by atoms with Crippen molar-refractivity contribution in [2.24, 2.45) is 16.8 Å². The zero-order chi connectivity index (χ0) is 20.4. The van der Waals surface area contributed by atoms with Gasteiger partial charge in [-0.1, -0.05) is 13.3 Å². The van der Waals surface area contributed by atoms with E-state index < -0.39 is 11.8 Å². The predicted octanol–water partition coefficient (Wildman–Crippen LogP) is 5.28. The Hall–Kier alpha value is -2.13. The number of aromatic hydroxyl groups is 1. The Labute approximate surface area is 174 Å². The first-order chi connectivity index (χ1) is 13.4. The number of hydrogen-bond acceptors (Lipinski definition) is 5. The number of rotatable bonds is 5. The number of aliphatic imine (C=N–C) groups is 1. The highest BCUT2D eigenvalue weighted by molar-refractivity contribution is 9.10. The fourth-order valence-corrected chi connectivity index (χ4v) is 4.78. The predicted molar refractivity (Wildman–Crippen MR) is 112 cm³/mol. The SMILES string of the molecule is CCCC1CC(=O)C2=C(C1)N=C(C)C(C#N)C2c1cc(Br)c(O)c(OCC)c1. The molecule has 0 amide bonds. The number of halogens is 1. The molecule has 3 atom stereocenters. The van der Waals surface area contributed by atoms with Gasteiger partial charge in [-0.25, -0.2) is 0 Å². The Bertz CT molecular complexity index is 898. The number of nitrogens with zero attached hydrogens (tertiary/aromatic N) is 2. The van der Waals surface area contributed by atoms with Gasteiger partial charge in [0.05, 0.1) is 23.1 Å². The van der Waals surface area contributed by atoms with Crippen molar-refractivity contribution in [2.45, 2.75) is 52.4 Å². The van der Waals surface area contributed by atoms with Gasteiger partial charge in [-0.2, -0.15) is 5.26 Å². The second-order valence-electron chi connectivity index (χ2n) is 7.47. The molecule has 1 aromatic rings. The van der Waals surface area contributed by atoms with Gasteiger partial charge in [-0.3, -0.25) is 9.79 Å². The third-order valence-electron chi connectivity index (χ3n) is 5.52. The summed E-state index contributed by atoms with van der Waals surface area (Å²) in [6.45, 7) is 6.23. The van der Waals surface area contributed by atoms with Crippen LogP contribution in [0.15, 0.2) is 32.9 Å². The molecule has 0 saturated heterocycles. The molecule has 0 bridgehead atoms. The summed E-state index contributed by atoms with van der Waals surface area (Å²) < 4.78 is 6.05.